The SMILES string of the molecule is CCN(CC)C(=O)c1ccc(NS(=O)(=O)c2ccc(Cl)nc2Cl)cc1. The molecular formula is C16H17Cl2N3O3S. The third-order valence-corrected chi connectivity index (χ3v) is 5.53. The number of carbonyl (C=O) groups excluding carboxylic acids is 1. The van der Waals surface area contributed by atoms with Gasteiger partial charge in [0, 0.05) is 24.3 Å². The van der Waals surface area contributed by atoms with Gasteiger partial charge in [0.1, 0.15) is 10.0 Å². The molecule has 0 radical (unpaired) electrons. The van der Waals surface area contributed by atoms with Crippen LogP contribution in [0.2, 0.25) is 10.3 Å². The first-order valence-corrected chi connectivity index (χ1v) is 9.76. The molecule has 0 saturated heterocycles. The van der Waals surface area contributed by atoms with Crippen LogP contribution in [-0.4, -0.2) is 37.3 Å². The molecule has 0 aliphatic heterocycles. The van der Waals surface area contributed by atoms with Crippen molar-refractivity contribution in [3.05, 3.63) is 52.3 Å². The fourth-order valence-corrected chi connectivity index (χ4v) is 3.90. The number of hydrogen-bond acceptors (Lipinski definition) is 4. The molecule has 0 aliphatic carbocycles. The Morgan fingerprint density at radius 3 is 2.20 bits per heavy atom. The molecule has 1 aromatic heterocycles. The van der Waals surface area contributed by atoms with Crippen LogP contribution >= 0.6 is 23.2 Å². The summed E-state index contributed by atoms with van der Waals surface area (Å²) < 4.78 is 27.2. The molecule has 1 amide bonds. The lowest BCUT2D eigenvalue weighted by molar-refractivity contribution is 0.0773. The molecule has 0 spiro atoms. The highest BCUT2D eigenvalue weighted by Crippen LogP contribution is 2.24. The van der Waals surface area contributed by atoms with E-state index in [0.717, 1.165) is 0 Å². The maximum absolute atomic E-state index is 12.4. The summed E-state index contributed by atoms with van der Waals surface area (Å²) in [6, 6.07) is 8.80. The molecule has 0 saturated carbocycles. The monoisotopic (exact) mass is 401 g/mol. The van der Waals surface area contributed by atoms with Crippen molar-refractivity contribution in [1.82, 2.24) is 9.88 Å². The van der Waals surface area contributed by atoms with Crippen molar-refractivity contribution in [1.29, 1.82) is 0 Å². The fraction of sp³-hybridized carbons (Fsp3) is 0.250. The van der Waals surface area contributed by atoms with Crippen LogP contribution in [0.3, 0.4) is 0 Å². The zero-order chi connectivity index (χ0) is 18.6. The highest BCUT2D eigenvalue weighted by atomic mass is 35.5. The Kier molecular flexibility index (Phi) is 6.26. The molecule has 9 heteroatoms. The van der Waals surface area contributed by atoms with E-state index in [1.54, 1.807) is 17.0 Å². The largest absolute Gasteiger partial charge is 0.339 e. The van der Waals surface area contributed by atoms with Crippen molar-refractivity contribution in [3.8, 4) is 0 Å². The number of nitrogens with one attached hydrogen (secondary N) is 1. The summed E-state index contributed by atoms with van der Waals surface area (Å²) in [6.45, 7) is 5.00. The Morgan fingerprint density at radius 2 is 1.68 bits per heavy atom. The first-order valence-electron chi connectivity index (χ1n) is 7.52. The van der Waals surface area contributed by atoms with Gasteiger partial charge in [-0.05, 0) is 50.2 Å². The second kappa shape index (κ2) is 8.03. The topological polar surface area (TPSA) is 79.4 Å². The molecule has 0 aliphatic rings. The van der Waals surface area contributed by atoms with Gasteiger partial charge in [-0.15, -0.1) is 0 Å². The van der Waals surface area contributed by atoms with Crippen molar-refractivity contribution in [2.75, 3.05) is 17.8 Å². The van der Waals surface area contributed by atoms with Gasteiger partial charge in [0.25, 0.3) is 15.9 Å². The maximum Gasteiger partial charge on any atom is 0.264 e. The number of amides is 1. The Bertz CT molecular complexity index is 867. The third-order valence-electron chi connectivity index (χ3n) is 3.50. The van der Waals surface area contributed by atoms with Crippen LogP contribution in [0.4, 0.5) is 5.69 Å². The minimum Gasteiger partial charge on any atom is -0.339 e. The molecule has 0 fully saturated rings. The highest BCUT2D eigenvalue weighted by Gasteiger charge is 2.20. The number of sulfonamides is 1. The lowest BCUT2D eigenvalue weighted by Gasteiger charge is -2.18. The molecule has 0 bridgehead atoms. The fourth-order valence-electron chi connectivity index (χ4n) is 2.18. The van der Waals surface area contributed by atoms with Gasteiger partial charge in [0.2, 0.25) is 0 Å². The predicted molar refractivity (Wildman–Crippen MR) is 98.8 cm³/mol. The number of halogens is 2. The number of benzene rings is 1. The molecule has 1 heterocycles. The quantitative estimate of drug-likeness (QED) is 0.748. The van der Waals surface area contributed by atoms with E-state index < -0.39 is 10.0 Å². The van der Waals surface area contributed by atoms with Crippen molar-refractivity contribution in [2.45, 2.75) is 18.7 Å². The second-order valence-corrected chi connectivity index (χ2v) is 7.48. The summed E-state index contributed by atoms with van der Waals surface area (Å²) in [4.78, 5) is 17.5. The predicted octanol–water partition coefficient (Wildman–Crippen LogP) is 3.67. The van der Waals surface area contributed by atoms with Gasteiger partial charge in [-0.2, -0.15) is 0 Å². The molecule has 2 aromatic rings. The Morgan fingerprint density at radius 1 is 1.08 bits per heavy atom. The summed E-state index contributed by atoms with van der Waals surface area (Å²) in [5, 5.41) is -0.114. The zero-order valence-corrected chi connectivity index (χ0v) is 16.0. The molecule has 6 nitrogen and oxygen atoms in total. The van der Waals surface area contributed by atoms with E-state index in [0.29, 0.717) is 24.3 Å². The standard InChI is InChI=1S/C16H17Cl2N3O3S/c1-3-21(4-2)16(22)11-5-7-12(8-6-11)20-25(23,24)13-9-10-14(17)19-15(13)18/h5-10,20H,3-4H2,1-2H3. The number of carbonyl (C=O) groups is 1. The summed E-state index contributed by atoms with van der Waals surface area (Å²) >= 11 is 11.5. The highest BCUT2D eigenvalue weighted by molar-refractivity contribution is 7.92. The summed E-state index contributed by atoms with van der Waals surface area (Å²) in [7, 11) is -3.92. The van der Waals surface area contributed by atoms with Crippen LogP contribution in [0, 0.1) is 0 Å². The van der Waals surface area contributed by atoms with Crippen LogP contribution in [0.25, 0.3) is 0 Å². The van der Waals surface area contributed by atoms with E-state index >= 15 is 0 Å². The van der Waals surface area contributed by atoms with Gasteiger partial charge in [0.15, 0.2) is 5.15 Å². The average Bonchev–Trinajstić information content (AvgIpc) is 2.55. The first-order chi connectivity index (χ1) is 11.8. The number of rotatable bonds is 6. The van der Waals surface area contributed by atoms with Crippen LogP contribution < -0.4 is 4.72 Å². The number of nitrogens with zero attached hydrogens (tertiary/aromatic N) is 2. The minimum absolute atomic E-state index is 0.100. The van der Waals surface area contributed by atoms with Crippen LogP contribution in [-0.2, 0) is 10.0 Å². The van der Waals surface area contributed by atoms with Gasteiger partial charge >= 0.3 is 0 Å². The number of pyridine rings is 1. The van der Waals surface area contributed by atoms with E-state index in [1.807, 2.05) is 13.8 Å². The molecule has 2 rings (SSSR count). The molecule has 25 heavy (non-hydrogen) atoms. The van der Waals surface area contributed by atoms with E-state index in [2.05, 4.69) is 9.71 Å². The number of hydrogen-bond donors (Lipinski definition) is 1. The van der Waals surface area contributed by atoms with Gasteiger partial charge in [0.05, 0.1) is 0 Å². The average molecular weight is 402 g/mol. The smallest absolute Gasteiger partial charge is 0.264 e. The maximum atomic E-state index is 12.4. The van der Waals surface area contributed by atoms with Crippen LogP contribution in [0.1, 0.15) is 24.2 Å². The Labute approximate surface area is 156 Å². The molecule has 0 unspecified atom stereocenters. The van der Waals surface area contributed by atoms with E-state index in [1.165, 1.54) is 24.3 Å². The molecule has 0 atom stereocenters. The molecule has 134 valence electrons. The van der Waals surface area contributed by atoms with Gasteiger partial charge in [-0.3, -0.25) is 9.52 Å². The zero-order valence-electron chi connectivity index (χ0n) is 13.7. The summed E-state index contributed by atoms with van der Waals surface area (Å²) in [5.74, 6) is -0.107. The Balaban J connectivity index is 2.22. The van der Waals surface area contributed by atoms with Gasteiger partial charge < -0.3 is 4.90 Å². The van der Waals surface area contributed by atoms with E-state index in [4.69, 9.17) is 23.2 Å². The van der Waals surface area contributed by atoms with Gasteiger partial charge in [-0.1, -0.05) is 23.2 Å². The van der Waals surface area contributed by atoms with Crippen LogP contribution in [0.15, 0.2) is 41.3 Å². The number of anilines is 1. The van der Waals surface area contributed by atoms with Crippen LogP contribution in [0.5, 0.6) is 0 Å². The summed E-state index contributed by atoms with van der Waals surface area (Å²) in [5.41, 5.74) is 0.792. The second-order valence-electron chi connectivity index (χ2n) is 5.08. The van der Waals surface area contributed by atoms with Crippen molar-refractivity contribution >= 4 is 44.8 Å². The van der Waals surface area contributed by atoms with Crippen molar-refractivity contribution < 1.29 is 13.2 Å². The first kappa shape index (κ1) is 19.5. The van der Waals surface area contributed by atoms with E-state index in [-0.39, 0.29) is 21.1 Å². The normalized spacial score (nSPS) is 11.2. The number of aromatic nitrogens is 1. The van der Waals surface area contributed by atoms with Gasteiger partial charge in [-0.25, -0.2) is 13.4 Å². The molecule has 1 aromatic carbocycles. The molecular weight excluding hydrogens is 385 g/mol. The minimum atomic E-state index is -3.92. The Hall–Kier alpha value is -1.83. The van der Waals surface area contributed by atoms with E-state index in [9.17, 15) is 13.2 Å². The lowest BCUT2D eigenvalue weighted by Crippen LogP contribution is -2.30. The summed E-state index contributed by atoms with van der Waals surface area (Å²) in [6.07, 6.45) is 0. The molecule has 1 N–H and O–H groups in total. The third kappa shape index (κ3) is 4.62. The lowest BCUT2D eigenvalue weighted by atomic mass is 10.2. The van der Waals surface area contributed by atoms with Crippen molar-refractivity contribution in [2.24, 2.45) is 0 Å². The van der Waals surface area contributed by atoms with Crippen molar-refractivity contribution in [3.63, 3.8) is 0 Å².